The second-order valence-electron chi connectivity index (χ2n) is 6.39. The minimum absolute atomic E-state index is 0.0963. The second kappa shape index (κ2) is 7.02. The van der Waals surface area contributed by atoms with Gasteiger partial charge in [-0.25, -0.2) is 0 Å². The first kappa shape index (κ1) is 18.0. The van der Waals surface area contributed by atoms with Crippen LogP contribution in [-0.4, -0.2) is 82.0 Å². The molecule has 3 amide bonds. The Morgan fingerprint density at radius 3 is 2.42 bits per heavy atom. The van der Waals surface area contributed by atoms with Gasteiger partial charge in [0.05, 0.1) is 12.2 Å². The second-order valence-corrected chi connectivity index (χ2v) is 6.39. The minimum Gasteiger partial charge on any atom is -0.347 e. The van der Waals surface area contributed by atoms with E-state index in [1.54, 1.807) is 23.7 Å². The molecule has 1 fully saturated rings. The molecule has 1 aliphatic rings. The van der Waals surface area contributed by atoms with E-state index >= 15 is 0 Å². The van der Waals surface area contributed by atoms with E-state index in [1.807, 2.05) is 19.9 Å². The topological polar surface area (TPSA) is 78.8 Å². The maximum atomic E-state index is 12.6. The number of carbonyl (C=O) groups is 3. The summed E-state index contributed by atoms with van der Waals surface area (Å²) in [7, 11) is 3.30. The SMILES string of the molecule is CC(=O)N1CCN(C(=O)Cn2nc(C)cc2C)CC1C(=O)N(C)C. The summed E-state index contributed by atoms with van der Waals surface area (Å²) in [5.74, 6) is -0.421. The zero-order valence-corrected chi connectivity index (χ0v) is 14.9. The summed E-state index contributed by atoms with van der Waals surface area (Å²) in [4.78, 5) is 41.4. The number of hydrogen-bond acceptors (Lipinski definition) is 4. The molecule has 1 aliphatic heterocycles. The lowest BCUT2D eigenvalue weighted by Gasteiger charge is -2.41. The van der Waals surface area contributed by atoms with Crippen molar-refractivity contribution in [2.75, 3.05) is 33.7 Å². The highest BCUT2D eigenvalue weighted by molar-refractivity contribution is 5.88. The van der Waals surface area contributed by atoms with Crippen LogP contribution >= 0.6 is 0 Å². The van der Waals surface area contributed by atoms with E-state index in [9.17, 15) is 14.4 Å². The molecule has 1 aromatic rings. The van der Waals surface area contributed by atoms with Crippen molar-refractivity contribution in [2.45, 2.75) is 33.4 Å². The quantitative estimate of drug-likeness (QED) is 0.756. The predicted molar refractivity (Wildman–Crippen MR) is 88.2 cm³/mol. The average Bonchev–Trinajstić information content (AvgIpc) is 2.83. The fraction of sp³-hybridized carbons (Fsp3) is 0.625. The summed E-state index contributed by atoms with van der Waals surface area (Å²) < 4.78 is 1.66. The smallest absolute Gasteiger partial charge is 0.246 e. The highest BCUT2D eigenvalue weighted by Gasteiger charge is 2.36. The zero-order valence-electron chi connectivity index (χ0n) is 14.9. The van der Waals surface area contributed by atoms with Crippen molar-refractivity contribution in [1.82, 2.24) is 24.5 Å². The molecule has 0 aromatic carbocycles. The number of nitrogens with zero attached hydrogens (tertiary/aromatic N) is 5. The van der Waals surface area contributed by atoms with Crippen LogP contribution < -0.4 is 0 Å². The molecular formula is C16H25N5O3. The van der Waals surface area contributed by atoms with Crippen LogP contribution in [0.4, 0.5) is 0 Å². The average molecular weight is 335 g/mol. The van der Waals surface area contributed by atoms with E-state index in [2.05, 4.69) is 5.10 Å². The monoisotopic (exact) mass is 335 g/mol. The van der Waals surface area contributed by atoms with Gasteiger partial charge in [0.25, 0.3) is 0 Å². The van der Waals surface area contributed by atoms with Gasteiger partial charge in [-0.1, -0.05) is 0 Å². The van der Waals surface area contributed by atoms with E-state index in [4.69, 9.17) is 0 Å². The Hall–Kier alpha value is -2.38. The largest absolute Gasteiger partial charge is 0.347 e. The van der Waals surface area contributed by atoms with Crippen LogP contribution in [-0.2, 0) is 20.9 Å². The van der Waals surface area contributed by atoms with Crippen LogP contribution in [0.5, 0.6) is 0 Å². The highest BCUT2D eigenvalue weighted by atomic mass is 16.2. The van der Waals surface area contributed by atoms with Gasteiger partial charge in [-0.2, -0.15) is 5.10 Å². The number of carbonyl (C=O) groups excluding carboxylic acids is 3. The summed E-state index contributed by atoms with van der Waals surface area (Å²) in [5.41, 5.74) is 1.78. The van der Waals surface area contributed by atoms with Gasteiger partial charge >= 0.3 is 0 Å². The maximum absolute atomic E-state index is 12.6. The molecule has 0 saturated carbocycles. The molecular weight excluding hydrogens is 310 g/mol. The van der Waals surface area contributed by atoms with Gasteiger partial charge in [0.2, 0.25) is 17.7 Å². The van der Waals surface area contributed by atoms with Crippen molar-refractivity contribution in [3.63, 3.8) is 0 Å². The van der Waals surface area contributed by atoms with Gasteiger partial charge in [0.1, 0.15) is 12.6 Å². The van der Waals surface area contributed by atoms with Gasteiger partial charge in [-0.15, -0.1) is 0 Å². The minimum atomic E-state index is -0.629. The van der Waals surface area contributed by atoms with Gasteiger partial charge < -0.3 is 14.7 Å². The fourth-order valence-corrected chi connectivity index (χ4v) is 2.96. The number of rotatable bonds is 3. The van der Waals surface area contributed by atoms with Crippen LogP contribution in [0.15, 0.2) is 6.07 Å². The van der Waals surface area contributed by atoms with Crippen LogP contribution in [0.3, 0.4) is 0 Å². The summed E-state index contributed by atoms with van der Waals surface area (Å²) in [6.07, 6.45) is 0. The first-order chi connectivity index (χ1) is 11.2. The molecule has 0 radical (unpaired) electrons. The van der Waals surface area contributed by atoms with E-state index in [0.717, 1.165) is 11.4 Å². The molecule has 2 rings (SSSR count). The Labute approximate surface area is 142 Å². The van der Waals surface area contributed by atoms with Gasteiger partial charge in [-0.3, -0.25) is 19.1 Å². The lowest BCUT2D eigenvalue weighted by atomic mass is 10.1. The number of aryl methyl sites for hydroxylation is 2. The predicted octanol–water partition coefficient (Wildman–Crippen LogP) is -0.353. The van der Waals surface area contributed by atoms with Gasteiger partial charge in [0.15, 0.2) is 0 Å². The molecule has 132 valence electrons. The third kappa shape index (κ3) is 3.74. The lowest BCUT2D eigenvalue weighted by molar-refractivity contribution is -0.150. The van der Waals surface area contributed by atoms with Gasteiger partial charge in [-0.05, 0) is 19.9 Å². The van der Waals surface area contributed by atoms with E-state index < -0.39 is 6.04 Å². The van der Waals surface area contributed by atoms with E-state index in [0.29, 0.717) is 13.1 Å². The lowest BCUT2D eigenvalue weighted by Crippen LogP contribution is -2.61. The summed E-state index contributed by atoms with van der Waals surface area (Å²) in [6.45, 7) is 6.38. The third-order valence-electron chi connectivity index (χ3n) is 4.25. The maximum Gasteiger partial charge on any atom is 0.246 e. The molecule has 0 aliphatic carbocycles. The number of piperazine rings is 1. The standard InChI is InChI=1S/C16H25N5O3/c1-11-8-12(2)21(17-11)10-15(23)19-6-7-20(13(3)22)14(9-19)16(24)18(4)5/h8,14H,6-7,9-10H2,1-5H3. The zero-order chi connectivity index (χ0) is 18.0. The van der Waals surface area contributed by atoms with Crippen LogP contribution in [0, 0.1) is 13.8 Å². The summed E-state index contributed by atoms with van der Waals surface area (Å²) in [5, 5.41) is 4.30. The number of likely N-dealkylation sites (N-methyl/N-ethyl adjacent to an activating group) is 1. The Balaban J connectivity index is 2.11. The molecule has 1 saturated heterocycles. The summed E-state index contributed by atoms with van der Waals surface area (Å²) in [6, 6.07) is 1.29. The van der Waals surface area contributed by atoms with Crippen LogP contribution in [0.25, 0.3) is 0 Å². The normalized spacial score (nSPS) is 17.8. The molecule has 1 aromatic heterocycles. The molecule has 0 N–H and O–H groups in total. The number of hydrogen-bond donors (Lipinski definition) is 0. The van der Waals surface area contributed by atoms with Crippen LogP contribution in [0.1, 0.15) is 18.3 Å². The number of aromatic nitrogens is 2. The van der Waals surface area contributed by atoms with Gasteiger partial charge in [0, 0.05) is 39.8 Å². The van der Waals surface area contributed by atoms with Crippen molar-refractivity contribution >= 4 is 17.7 Å². The first-order valence-electron chi connectivity index (χ1n) is 7.98. The Morgan fingerprint density at radius 2 is 1.92 bits per heavy atom. The molecule has 2 heterocycles. The van der Waals surface area contributed by atoms with Crippen molar-refractivity contribution in [3.05, 3.63) is 17.5 Å². The van der Waals surface area contributed by atoms with Crippen molar-refractivity contribution < 1.29 is 14.4 Å². The Morgan fingerprint density at radius 1 is 1.25 bits per heavy atom. The molecule has 8 nitrogen and oxygen atoms in total. The first-order valence-corrected chi connectivity index (χ1v) is 7.98. The molecule has 0 spiro atoms. The number of amides is 3. The molecule has 1 atom stereocenters. The van der Waals surface area contributed by atoms with E-state index in [1.165, 1.54) is 16.7 Å². The van der Waals surface area contributed by atoms with Crippen molar-refractivity contribution in [3.8, 4) is 0 Å². The van der Waals surface area contributed by atoms with Crippen molar-refractivity contribution in [2.24, 2.45) is 0 Å². The molecule has 0 bridgehead atoms. The molecule has 8 heteroatoms. The third-order valence-corrected chi connectivity index (χ3v) is 4.25. The van der Waals surface area contributed by atoms with E-state index in [-0.39, 0.29) is 30.8 Å². The summed E-state index contributed by atoms with van der Waals surface area (Å²) >= 11 is 0. The fourth-order valence-electron chi connectivity index (χ4n) is 2.96. The molecule has 1 unspecified atom stereocenters. The molecule has 24 heavy (non-hydrogen) atoms. The Bertz CT molecular complexity index is 652. The Kier molecular flexibility index (Phi) is 5.26. The van der Waals surface area contributed by atoms with Crippen molar-refractivity contribution in [1.29, 1.82) is 0 Å². The van der Waals surface area contributed by atoms with Crippen LogP contribution in [0.2, 0.25) is 0 Å². The highest BCUT2D eigenvalue weighted by Crippen LogP contribution is 2.13.